The van der Waals surface area contributed by atoms with E-state index in [0.29, 0.717) is 18.0 Å². The average molecular weight is 373 g/mol. The standard InChI is InChI=1S/C24H23NO3/c26-24(23-17-27-21-13-7-8-14-22(21)28-23)25-16-15-20(18-9-3-1-4-10-18)19-11-5-2-6-12-19/h1-14,20,23H,15-17H2,(H,25,26)/t23-/m0/s1. The van der Waals surface area contributed by atoms with Crippen LogP contribution in [-0.2, 0) is 4.79 Å². The zero-order valence-electron chi connectivity index (χ0n) is 15.6. The Morgan fingerprint density at radius 2 is 1.43 bits per heavy atom. The molecule has 1 aliphatic rings. The molecule has 4 nitrogen and oxygen atoms in total. The lowest BCUT2D eigenvalue weighted by molar-refractivity contribution is -0.130. The van der Waals surface area contributed by atoms with Crippen LogP contribution in [0.2, 0.25) is 0 Å². The molecule has 1 N–H and O–H groups in total. The molecule has 1 amide bonds. The van der Waals surface area contributed by atoms with Gasteiger partial charge < -0.3 is 14.8 Å². The van der Waals surface area contributed by atoms with E-state index < -0.39 is 6.10 Å². The van der Waals surface area contributed by atoms with Gasteiger partial charge in [-0.1, -0.05) is 72.8 Å². The Balaban J connectivity index is 1.38. The molecule has 0 bridgehead atoms. The molecule has 1 aliphatic heterocycles. The Kier molecular flexibility index (Phi) is 5.57. The molecule has 0 saturated heterocycles. The topological polar surface area (TPSA) is 47.6 Å². The summed E-state index contributed by atoms with van der Waals surface area (Å²) < 4.78 is 11.4. The summed E-state index contributed by atoms with van der Waals surface area (Å²) in [6.45, 7) is 0.790. The predicted molar refractivity (Wildman–Crippen MR) is 109 cm³/mol. The maximum Gasteiger partial charge on any atom is 0.264 e. The van der Waals surface area contributed by atoms with Gasteiger partial charge in [-0.15, -0.1) is 0 Å². The van der Waals surface area contributed by atoms with E-state index >= 15 is 0 Å². The second-order valence-electron chi connectivity index (χ2n) is 6.82. The molecule has 1 heterocycles. The molecule has 3 aromatic carbocycles. The Hall–Kier alpha value is -3.27. The summed E-state index contributed by atoms with van der Waals surface area (Å²) in [5.74, 6) is 1.38. The van der Waals surface area contributed by atoms with Gasteiger partial charge in [-0.05, 0) is 29.7 Å². The van der Waals surface area contributed by atoms with E-state index in [1.54, 1.807) is 0 Å². The summed E-state index contributed by atoms with van der Waals surface area (Å²) in [6.07, 6.45) is 0.186. The molecule has 4 heteroatoms. The quantitative estimate of drug-likeness (QED) is 0.706. The van der Waals surface area contributed by atoms with E-state index in [4.69, 9.17) is 9.47 Å². The lowest BCUT2D eigenvalue weighted by Crippen LogP contribution is -2.44. The van der Waals surface area contributed by atoms with Crippen molar-refractivity contribution in [3.05, 3.63) is 96.1 Å². The van der Waals surface area contributed by atoms with Crippen LogP contribution in [-0.4, -0.2) is 25.2 Å². The Bertz CT molecular complexity index is 872. The number of benzene rings is 3. The van der Waals surface area contributed by atoms with E-state index in [0.717, 1.165) is 6.42 Å². The summed E-state index contributed by atoms with van der Waals surface area (Å²) in [6, 6.07) is 28.2. The molecule has 1 atom stereocenters. The summed E-state index contributed by atoms with van der Waals surface area (Å²) in [7, 11) is 0. The van der Waals surface area contributed by atoms with Gasteiger partial charge >= 0.3 is 0 Å². The fraction of sp³-hybridized carbons (Fsp3) is 0.208. The van der Waals surface area contributed by atoms with Crippen LogP contribution in [0, 0.1) is 0 Å². The first-order chi connectivity index (χ1) is 13.8. The lowest BCUT2D eigenvalue weighted by Gasteiger charge is -2.26. The third-order valence-electron chi connectivity index (χ3n) is 4.94. The number of ether oxygens (including phenoxy) is 2. The van der Waals surface area contributed by atoms with E-state index in [1.807, 2.05) is 36.4 Å². The first-order valence-electron chi connectivity index (χ1n) is 9.57. The first kappa shape index (κ1) is 18.1. The van der Waals surface area contributed by atoms with Crippen molar-refractivity contribution < 1.29 is 14.3 Å². The normalized spacial score (nSPS) is 15.2. The molecule has 3 aromatic rings. The monoisotopic (exact) mass is 373 g/mol. The van der Waals surface area contributed by atoms with Crippen LogP contribution in [0.3, 0.4) is 0 Å². The number of carbonyl (C=O) groups excluding carboxylic acids is 1. The average Bonchev–Trinajstić information content (AvgIpc) is 2.77. The number of rotatable bonds is 6. The second-order valence-corrected chi connectivity index (χ2v) is 6.82. The van der Waals surface area contributed by atoms with Crippen molar-refractivity contribution in [3.8, 4) is 11.5 Å². The second kappa shape index (κ2) is 8.61. The van der Waals surface area contributed by atoms with Crippen LogP contribution in [0.25, 0.3) is 0 Å². The van der Waals surface area contributed by atoms with Crippen molar-refractivity contribution in [1.29, 1.82) is 0 Å². The molecular formula is C24H23NO3. The minimum atomic E-state index is -0.623. The van der Waals surface area contributed by atoms with Gasteiger partial charge in [0.1, 0.15) is 6.61 Å². The molecule has 0 radical (unpaired) electrons. The molecule has 0 aliphatic carbocycles. The summed E-state index contributed by atoms with van der Waals surface area (Å²) in [5, 5.41) is 3.01. The number of nitrogens with one attached hydrogen (secondary N) is 1. The van der Waals surface area contributed by atoms with Crippen molar-refractivity contribution in [3.63, 3.8) is 0 Å². The highest BCUT2D eigenvalue weighted by atomic mass is 16.6. The molecule has 28 heavy (non-hydrogen) atoms. The van der Waals surface area contributed by atoms with Crippen molar-refractivity contribution in [2.24, 2.45) is 0 Å². The number of para-hydroxylation sites is 2. The minimum Gasteiger partial charge on any atom is -0.485 e. The zero-order chi connectivity index (χ0) is 19.2. The van der Waals surface area contributed by atoms with Crippen LogP contribution in [0.5, 0.6) is 11.5 Å². The van der Waals surface area contributed by atoms with Crippen molar-refractivity contribution in [2.75, 3.05) is 13.2 Å². The highest BCUT2D eigenvalue weighted by Gasteiger charge is 2.27. The SMILES string of the molecule is O=C(NCCC(c1ccccc1)c1ccccc1)[C@@H]1COc2ccccc2O1. The van der Waals surface area contributed by atoms with Crippen molar-refractivity contribution >= 4 is 5.91 Å². The number of hydrogen-bond donors (Lipinski definition) is 1. The number of amides is 1. The van der Waals surface area contributed by atoms with E-state index in [-0.39, 0.29) is 18.4 Å². The van der Waals surface area contributed by atoms with Gasteiger partial charge in [0.15, 0.2) is 11.5 Å². The van der Waals surface area contributed by atoms with Gasteiger partial charge in [0, 0.05) is 12.5 Å². The van der Waals surface area contributed by atoms with Gasteiger partial charge in [0.05, 0.1) is 0 Å². The first-order valence-corrected chi connectivity index (χ1v) is 9.57. The third kappa shape index (κ3) is 4.17. The van der Waals surface area contributed by atoms with E-state index in [2.05, 4.69) is 53.8 Å². The molecule has 0 fully saturated rings. The number of fused-ring (bicyclic) bond motifs is 1. The Morgan fingerprint density at radius 3 is 2.07 bits per heavy atom. The van der Waals surface area contributed by atoms with Crippen LogP contribution < -0.4 is 14.8 Å². The molecule has 0 aromatic heterocycles. The fourth-order valence-corrected chi connectivity index (χ4v) is 3.50. The van der Waals surface area contributed by atoms with Gasteiger partial charge in [0.25, 0.3) is 5.91 Å². The van der Waals surface area contributed by atoms with Crippen LogP contribution in [0.4, 0.5) is 0 Å². The number of carbonyl (C=O) groups is 1. The summed E-state index contributed by atoms with van der Waals surface area (Å²) >= 11 is 0. The van der Waals surface area contributed by atoms with Crippen LogP contribution >= 0.6 is 0 Å². The van der Waals surface area contributed by atoms with Gasteiger partial charge in [-0.3, -0.25) is 4.79 Å². The molecule has 0 unspecified atom stereocenters. The molecular weight excluding hydrogens is 350 g/mol. The van der Waals surface area contributed by atoms with E-state index in [1.165, 1.54) is 11.1 Å². The van der Waals surface area contributed by atoms with Gasteiger partial charge in [-0.25, -0.2) is 0 Å². The maximum atomic E-state index is 12.5. The molecule has 142 valence electrons. The van der Waals surface area contributed by atoms with Crippen LogP contribution in [0.1, 0.15) is 23.5 Å². The van der Waals surface area contributed by atoms with Gasteiger partial charge in [-0.2, -0.15) is 0 Å². The Morgan fingerprint density at radius 1 is 0.857 bits per heavy atom. The Labute approximate surface area is 165 Å². The third-order valence-corrected chi connectivity index (χ3v) is 4.94. The zero-order valence-corrected chi connectivity index (χ0v) is 15.6. The van der Waals surface area contributed by atoms with Crippen molar-refractivity contribution in [1.82, 2.24) is 5.32 Å². The lowest BCUT2D eigenvalue weighted by atomic mass is 9.88. The summed E-state index contributed by atoms with van der Waals surface area (Å²) in [4.78, 5) is 12.5. The van der Waals surface area contributed by atoms with E-state index in [9.17, 15) is 4.79 Å². The highest BCUT2D eigenvalue weighted by molar-refractivity contribution is 5.81. The summed E-state index contributed by atoms with van der Waals surface area (Å²) in [5.41, 5.74) is 2.49. The van der Waals surface area contributed by atoms with Crippen molar-refractivity contribution in [2.45, 2.75) is 18.4 Å². The molecule has 4 rings (SSSR count). The largest absolute Gasteiger partial charge is 0.485 e. The maximum absolute atomic E-state index is 12.5. The minimum absolute atomic E-state index is 0.144. The predicted octanol–water partition coefficient (Wildman–Crippen LogP) is 4.16. The van der Waals surface area contributed by atoms with Crippen LogP contribution in [0.15, 0.2) is 84.9 Å². The smallest absolute Gasteiger partial charge is 0.264 e. The highest BCUT2D eigenvalue weighted by Crippen LogP contribution is 2.31. The molecule has 0 saturated carbocycles. The molecule has 0 spiro atoms. The van der Waals surface area contributed by atoms with Gasteiger partial charge in [0.2, 0.25) is 6.10 Å². The number of hydrogen-bond acceptors (Lipinski definition) is 3. The fourth-order valence-electron chi connectivity index (χ4n) is 3.50.